The normalized spacial score (nSPS) is 21.6. The average Bonchev–Trinajstić information content (AvgIpc) is 2.67. The van der Waals surface area contributed by atoms with Crippen LogP contribution in [0.15, 0.2) is 53.7 Å². The number of carbonyl (C=O) groups is 2. The van der Waals surface area contributed by atoms with Crippen LogP contribution < -0.4 is 5.32 Å². The van der Waals surface area contributed by atoms with Gasteiger partial charge in [-0.3, -0.25) is 19.7 Å². The Kier molecular flexibility index (Phi) is 5.15. The molecule has 1 heterocycles. The fraction of sp³-hybridized carbons (Fsp3) is 0.238. The minimum Gasteiger partial charge on any atom is -0.329 e. The van der Waals surface area contributed by atoms with Crippen LogP contribution in [0.3, 0.4) is 0 Å². The van der Waals surface area contributed by atoms with Crippen molar-refractivity contribution >= 4 is 40.6 Å². The Balaban J connectivity index is 1.77. The van der Waals surface area contributed by atoms with Crippen molar-refractivity contribution in [3.05, 3.63) is 85.0 Å². The molecule has 2 aliphatic rings. The molecule has 0 fully saturated rings. The van der Waals surface area contributed by atoms with Gasteiger partial charge in [0.2, 0.25) is 5.91 Å². The van der Waals surface area contributed by atoms with Crippen molar-refractivity contribution in [1.82, 2.24) is 5.32 Å². The van der Waals surface area contributed by atoms with Crippen molar-refractivity contribution < 1.29 is 14.5 Å². The summed E-state index contributed by atoms with van der Waals surface area (Å²) < 4.78 is 0. The summed E-state index contributed by atoms with van der Waals surface area (Å²) in [4.78, 5) is 36.2. The van der Waals surface area contributed by atoms with Gasteiger partial charge in [0.1, 0.15) is 0 Å². The molecule has 2 aromatic rings. The molecule has 0 saturated heterocycles. The molecule has 29 heavy (non-hydrogen) atoms. The molecular weight excluding hydrogens is 415 g/mol. The molecule has 0 spiro atoms. The zero-order valence-electron chi connectivity index (χ0n) is 15.2. The first kappa shape index (κ1) is 19.6. The lowest BCUT2D eigenvalue weighted by atomic mass is 9.73. The Hall–Kier alpha value is -2.70. The third-order valence-electron chi connectivity index (χ3n) is 5.45. The van der Waals surface area contributed by atoms with Crippen LogP contribution in [0.4, 0.5) is 5.69 Å². The van der Waals surface area contributed by atoms with Gasteiger partial charge in [0, 0.05) is 52.2 Å². The van der Waals surface area contributed by atoms with E-state index < -0.39 is 10.8 Å². The zero-order chi connectivity index (χ0) is 20.7. The lowest BCUT2D eigenvalue weighted by Gasteiger charge is -2.34. The highest BCUT2D eigenvalue weighted by molar-refractivity contribution is 6.32. The van der Waals surface area contributed by atoms with Crippen LogP contribution in [0, 0.1) is 10.1 Å². The number of Topliss-reactive ketones (excluding diaryl/α,β-unsaturated/α-hetero) is 1. The second-order valence-electron chi connectivity index (χ2n) is 7.21. The quantitative estimate of drug-likeness (QED) is 0.553. The maximum atomic E-state index is 13.1. The topological polar surface area (TPSA) is 89.3 Å². The number of nitro benzene ring substituents is 1. The number of nitrogens with one attached hydrogen (secondary N) is 1. The van der Waals surface area contributed by atoms with E-state index in [1.54, 1.807) is 6.07 Å². The Morgan fingerprint density at radius 1 is 0.966 bits per heavy atom. The molecule has 0 unspecified atom stereocenters. The van der Waals surface area contributed by atoms with Gasteiger partial charge >= 0.3 is 0 Å². The average molecular weight is 431 g/mol. The Bertz CT molecular complexity index is 1080. The summed E-state index contributed by atoms with van der Waals surface area (Å²) in [6.45, 7) is 0. The van der Waals surface area contributed by atoms with E-state index in [1.165, 1.54) is 18.2 Å². The van der Waals surface area contributed by atoms with E-state index in [0.29, 0.717) is 33.3 Å². The van der Waals surface area contributed by atoms with Crippen LogP contribution in [0.2, 0.25) is 10.0 Å². The van der Waals surface area contributed by atoms with E-state index in [1.807, 2.05) is 18.2 Å². The van der Waals surface area contributed by atoms with E-state index in [4.69, 9.17) is 23.2 Å². The highest BCUT2D eigenvalue weighted by Crippen LogP contribution is 2.45. The molecule has 1 aliphatic carbocycles. The minimum atomic E-state index is -0.606. The van der Waals surface area contributed by atoms with Crippen LogP contribution in [0.25, 0.3) is 0 Å². The number of allylic oxidation sites excluding steroid dienone is 2. The van der Waals surface area contributed by atoms with Gasteiger partial charge in [-0.1, -0.05) is 41.4 Å². The largest absolute Gasteiger partial charge is 0.329 e. The van der Waals surface area contributed by atoms with Crippen molar-refractivity contribution in [1.29, 1.82) is 0 Å². The van der Waals surface area contributed by atoms with Crippen LogP contribution in [0.5, 0.6) is 0 Å². The van der Waals surface area contributed by atoms with E-state index >= 15 is 0 Å². The molecule has 0 aromatic heterocycles. The van der Waals surface area contributed by atoms with Crippen LogP contribution in [-0.4, -0.2) is 16.6 Å². The van der Waals surface area contributed by atoms with E-state index in [2.05, 4.69) is 5.32 Å². The summed E-state index contributed by atoms with van der Waals surface area (Å²) in [5, 5.41) is 14.9. The summed E-state index contributed by atoms with van der Waals surface area (Å²) >= 11 is 12.6. The molecule has 6 nitrogen and oxygen atoms in total. The molecule has 1 N–H and O–H groups in total. The summed E-state index contributed by atoms with van der Waals surface area (Å²) in [5.74, 6) is -1.10. The first-order chi connectivity index (χ1) is 13.8. The molecule has 8 heteroatoms. The summed E-state index contributed by atoms with van der Waals surface area (Å²) in [7, 11) is 0. The number of ketones is 1. The van der Waals surface area contributed by atoms with Gasteiger partial charge in [-0.2, -0.15) is 0 Å². The van der Waals surface area contributed by atoms with Crippen molar-refractivity contribution in [3.63, 3.8) is 0 Å². The van der Waals surface area contributed by atoms with Gasteiger partial charge in [0.25, 0.3) is 5.69 Å². The number of carbonyl (C=O) groups excluding carboxylic acids is 2. The van der Waals surface area contributed by atoms with Crippen LogP contribution in [0.1, 0.15) is 42.2 Å². The highest BCUT2D eigenvalue weighted by atomic mass is 35.5. The molecule has 1 amide bonds. The Labute approximate surface area is 176 Å². The Morgan fingerprint density at radius 3 is 2.41 bits per heavy atom. The van der Waals surface area contributed by atoms with Gasteiger partial charge in [0.15, 0.2) is 5.78 Å². The van der Waals surface area contributed by atoms with Crippen LogP contribution in [-0.2, 0) is 9.59 Å². The molecule has 0 radical (unpaired) electrons. The number of hydrogen-bond donors (Lipinski definition) is 1. The third kappa shape index (κ3) is 3.66. The van der Waals surface area contributed by atoms with Gasteiger partial charge in [-0.15, -0.1) is 0 Å². The summed E-state index contributed by atoms with van der Waals surface area (Å²) in [6, 6.07) is 11.4. The highest BCUT2D eigenvalue weighted by Gasteiger charge is 2.39. The summed E-state index contributed by atoms with van der Waals surface area (Å²) in [6.07, 6.45) is 0.725. The van der Waals surface area contributed by atoms with E-state index in [0.717, 1.165) is 5.56 Å². The maximum Gasteiger partial charge on any atom is 0.269 e. The number of nitro groups is 1. The van der Waals surface area contributed by atoms with E-state index in [-0.39, 0.29) is 36.1 Å². The molecule has 2 aromatic carbocycles. The molecular formula is C21H16Cl2N2O4. The standard InChI is InChI=1S/C21H16Cl2N2O4/c22-16-4-2-1-3-13(16)11-7-18-21(19(26)8-11)15(10-20(27)24-18)14-9-12(25(28)29)5-6-17(14)23/h1-6,9,11,15H,7-8,10H2,(H,24,27)/t11-,15+/m1/s1. The smallest absolute Gasteiger partial charge is 0.269 e. The molecule has 148 valence electrons. The van der Waals surface area contributed by atoms with Gasteiger partial charge in [0.05, 0.1) is 4.92 Å². The number of non-ortho nitro benzene ring substituents is 1. The second-order valence-corrected chi connectivity index (χ2v) is 8.02. The molecule has 4 rings (SSSR count). The maximum absolute atomic E-state index is 13.1. The fourth-order valence-electron chi connectivity index (χ4n) is 4.16. The molecule has 2 atom stereocenters. The number of halogens is 2. The Morgan fingerprint density at radius 2 is 1.69 bits per heavy atom. The molecule has 0 saturated carbocycles. The first-order valence-corrected chi connectivity index (χ1v) is 9.85. The predicted molar refractivity (Wildman–Crippen MR) is 109 cm³/mol. The van der Waals surface area contributed by atoms with E-state index in [9.17, 15) is 19.7 Å². The lowest BCUT2D eigenvalue weighted by molar-refractivity contribution is -0.384. The van der Waals surface area contributed by atoms with Crippen molar-refractivity contribution in [3.8, 4) is 0 Å². The number of rotatable bonds is 3. The number of nitrogens with zero attached hydrogens (tertiary/aromatic N) is 1. The zero-order valence-corrected chi connectivity index (χ0v) is 16.7. The lowest BCUT2D eigenvalue weighted by Crippen LogP contribution is -2.38. The van der Waals surface area contributed by atoms with Crippen molar-refractivity contribution in [2.75, 3.05) is 0 Å². The summed E-state index contributed by atoms with van der Waals surface area (Å²) in [5.41, 5.74) is 2.19. The van der Waals surface area contributed by atoms with Crippen LogP contribution >= 0.6 is 23.2 Å². The number of hydrogen-bond acceptors (Lipinski definition) is 4. The third-order valence-corrected chi connectivity index (χ3v) is 6.14. The van der Waals surface area contributed by atoms with Gasteiger partial charge < -0.3 is 5.32 Å². The van der Waals surface area contributed by atoms with Crippen molar-refractivity contribution in [2.24, 2.45) is 0 Å². The molecule has 0 bridgehead atoms. The predicted octanol–water partition coefficient (Wildman–Crippen LogP) is 4.91. The number of amides is 1. The fourth-order valence-corrected chi connectivity index (χ4v) is 4.70. The van der Waals surface area contributed by atoms with Gasteiger partial charge in [-0.05, 0) is 35.6 Å². The second kappa shape index (κ2) is 7.61. The van der Waals surface area contributed by atoms with Crippen molar-refractivity contribution in [2.45, 2.75) is 31.1 Å². The number of benzene rings is 2. The monoisotopic (exact) mass is 430 g/mol. The minimum absolute atomic E-state index is 0.0161. The van der Waals surface area contributed by atoms with Gasteiger partial charge in [-0.25, -0.2) is 0 Å². The first-order valence-electron chi connectivity index (χ1n) is 9.09. The molecule has 1 aliphatic heterocycles. The SMILES string of the molecule is O=C1C[C@@H](c2cc([N+](=O)[O-])ccc2Cl)C2=C(C[C@@H](c3ccccc3Cl)CC2=O)N1.